The van der Waals surface area contributed by atoms with Crippen molar-refractivity contribution in [2.75, 3.05) is 11.9 Å². The van der Waals surface area contributed by atoms with E-state index in [0.29, 0.717) is 12.3 Å². The molecule has 1 aromatic carbocycles. The Morgan fingerprint density at radius 1 is 1.45 bits per heavy atom. The van der Waals surface area contributed by atoms with Crippen LogP contribution in [0.5, 0.6) is 5.75 Å². The number of phenols is 1. The number of carbonyl (C=O) groups excluding carboxylic acids is 1. The summed E-state index contributed by atoms with van der Waals surface area (Å²) in [4.78, 5) is 18.2. The summed E-state index contributed by atoms with van der Waals surface area (Å²) in [5.74, 6) is 0.860. The van der Waals surface area contributed by atoms with Gasteiger partial charge in [0, 0.05) is 6.54 Å². The van der Waals surface area contributed by atoms with E-state index in [1.54, 1.807) is 30.0 Å². The minimum atomic E-state index is -0.292. The van der Waals surface area contributed by atoms with Crippen molar-refractivity contribution in [3.05, 3.63) is 41.3 Å². The van der Waals surface area contributed by atoms with Gasteiger partial charge >= 0.3 is 12.0 Å². The van der Waals surface area contributed by atoms with E-state index in [1.165, 1.54) is 0 Å². The average Bonchev–Trinajstić information content (AvgIpc) is 2.77. The Hall–Kier alpha value is -2.50. The van der Waals surface area contributed by atoms with Gasteiger partial charge in [-0.15, -0.1) is 0 Å². The van der Waals surface area contributed by atoms with Crippen molar-refractivity contribution in [3.8, 4) is 5.75 Å². The molecule has 2 amide bonds. The summed E-state index contributed by atoms with van der Waals surface area (Å²) in [7, 11) is 0. The number of hydrogen-bond acceptors (Lipinski definition) is 4. The Balaban J connectivity index is 2.14. The van der Waals surface area contributed by atoms with Gasteiger partial charge in [-0.05, 0) is 45.4 Å². The van der Waals surface area contributed by atoms with Crippen LogP contribution in [0, 0.1) is 13.8 Å². The van der Waals surface area contributed by atoms with Crippen LogP contribution in [0.25, 0.3) is 0 Å². The number of hydrogen-bond donors (Lipinski definition) is 2. The number of aromatic nitrogens is 1. The molecule has 0 aliphatic carbocycles. The molecule has 0 spiro atoms. The summed E-state index contributed by atoms with van der Waals surface area (Å²) in [5.41, 5.74) is 1.61. The fourth-order valence-electron chi connectivity index (χ4n) is 2.25. The van der Waals surface area contributed by atoms with Crippen LogP contribution < -0.4 is 5.32 Å². The van der Waals surface area contributed by atoms with Gasteiger partial charge in [-0.25, -0.2) is 4.79 Å². The van der Waals surface area contributed by atoms with Gasteiger partial charge in [0.15, 0.2) is 0 Å². The number of carbonyl (C=O) groups is 1. The molecule has 0 radical (unpaired) electrons. The number of nitrogens with zero attached hydrogens (tertiary/aromatic N) is 2. The quantitative estimate of drug-likeness (QED) is 0.904. The monoisotopic (exact) mass is 303 g/mol. The number of amides is 2. The summed E-state index contributed by atoms with van der Waals surface area (Å²) in [6.45, 7) is 7.93. The van der Waals surface area contributed by atoms with E-state index >= 15 is 0 Å². The van der Waals surface area contributed by atoms with Crippen molar-refractivity contribution in [2.24, 2.45) is 0 Å². The third-order valence-electron chi connectivity index (χ3n) is 3.66. The second kappa shape index (κ2) is 6.51. The van der Waals surface area contributed by atoms with Crippen LogP contribution in [0.1, 0.15) is 36.9 Å². The van der Waals surface area contributed by atoms with E-state index in [0.717, 1.165) is 11.3 Å². The SMILES string of the molecule is CCN(C(=O)Nc1nc(C)c(C)o1)[C@H](C)c1cccc(O)c1. The number of anilines is 1. The number of rotatable bonds is 4. The van der Waals surface area contributed by atoms with Gasteiger partial charge < -0.3 is 14.4 Å². The molecule has 2 aromatic rings. The maximum Gasteiger partial charge on any atom is 0.325 e. The van der Waals surface area contributed by atoms with Crippen molar-refractivity contribution in [3.63, 3.8) is 0 Å². The molecule has 6 nitrogen and oxygen atoms in total. The molecule has 0 bridgehead atoms. The molecule has 0 aliphatic rings. The number of oxazole rings is 1. The highest BCUT2D eigenvalue weighted by Gasteiger charge is 2.22. The Labute approximate surface area is 129 Å². The van der Waals surface area contributed by atoms with Crippen LogP contribution in [-0.2, 0) is 0 Å². The number of urea groups is 1. The van der Waals surface area contributed by atoms with Gasteiger partial charge in [0.1, 0.15) is 11.5 Å². The molecule has 0 fully saturated rings. The molecule has 2 rings (SSSR count). The van der Waals surface area contributed by atoms with Gasteiger partial charge in [0.25, 0.3) is 0 Å². The topological polar surface area (TPSA) is 78.6 Å². The van der Waals surface area contributed by atoms with E-state index in [2.05, 4.69) is 10.3 Å². The molecule has 6 heteroatoms. The molecule has 0 unspecified atom stereocenters. The Morgan fingerprint density at radius 3 is 2.73 bits per heavy atom. The fourth-order valence-corrected chi connectivity index (χ4v) is 2.25. The van der Waals surface area contributed by atoms with E-state index in [1.807, 2.05) is 26.8 Å². The maximum atomic E-state index is 12.4. The van der Waals surface area contributed by atoms with Crippen LogP contribution in [-0.4, -0.2) is 27.6 Å². The minimum Gasteiger partial charge on any atom is -0.508 e. The number of benzene rings is 1. The third kappa shape index (κ3) is 3.39. The summed E-state index contributed by atoms with van der Waals surface area (Å²) >= 11 is 0. The van der Waals surface area contributed by atoms with Gasteiger partial charge in [-0.2, -0.15) is 4.98 Å². The van der Waals surface area contributed by atoms with E-state index in [-0.39, 0.29) is 23.8 Å². The lowest BCUT2D eigenvalue weighted by atomic mass is 10.1. The highest BCUT2D eigenvalue weighted by atomic mass is 16.4. The Bertz CT molecular complexity index is 647. The Kier molecular flexibility index (Phi) is 4.70. The fraction of sp³-hybridized carbons (Fsp3) is 0.375. The average molecular weight is 303 g/mol. The van der Waals surface area contributed by atoms with Gasteiger partial charge in [0.05, 0.1) is 11.7 Å². The van der Waals surface area contributed by atoms with Crippen molar-refractivity contribution in [1.29, 1.82) is 0 Å². The number of aryl methyl sites for hydroxylation is 2. The first kappa shape index (κ1) is 15.9. The zero-order valence-electron chi connectivity index (χ0n) is 13.3. The van der Waals surface area contributed by atoms with Crippen LogP contribution in [0.4, 0.5) is 10.8 Å². The van der Waals surface area contributed by atoms with Crippen LogP contribution in [0.15, 0.2) is 28.7 Å². The lowest BCUT2D eigenvalue weighted by Crippen LogP contribution is -2.37. The van der Waals surface area contributed by atoms with Crippen molar-refractivity contribution < 1.29 is 14.3 Å². The summed E-state index contributed by atoms with van der Waals surface area (Å²) in [6, 6.07) is 6.61. The second-order valence-electron chi connectivity index (χ2n) is 5.15. The second-order valence-corrected chi connectivity index (χ2v) is 5.15. The summed E-state index contributed by atoms with van der Waals surface area (Å²) in [5, 5.41) is 12.2. The molecule has 0 aliphatic heterocycles. The third-order valence-corrected chi connectivity index (χ3v) is 3.66. The maximum absolute atomic E-state index is 12.4. The lowest BCUT2D eigenvalue weighted by Gasteiger charge is -2.28. The molecular weight excluding hydrogens is 282 g/mol. The molecule has 2 N–H and O–H groups in total. The first-order valence-electron chi connectivity index (χ1n) is 7.23. The van der Waals surface area contributed by atoms with E-state index in [9.17, 15) is 9.90 Å². The zero-order chi connectivity index (χ0) is 16.3. The molecular formula is C16H21N3O3. The summed E-state index contributed by atoms with van der Waals surface area (Å²) in [6.07, 6.45) is 0. The molecule has 0 saturated heterocycles. The normalized spacial score (nSPS) is 12.0. The number of phenolic OH excluding ortho intramolecular Hbond substituents is 1. The Morgan fingerprint density at radius 2 is 2.18 bits per heavy atom. The molecule has 118 valence electrons. The smallest absolute Gasteiger partial charge is 0.325 e. The predicted octanol–water partition coefficient (Wildman–Crippen LogP) is 3.61. The first-order valence-corrected chi connectivity index (χ1v) is 7.23. The van der Waals surface area contributed by atoms with Crippen molar-refractivity contribution in [1.82, 2.24) is 9.88 Å². The van der Waals surface area contributed by atoms with Crippen molar-refractivity contribution >= 4 is 12.0 Å². The van der Waals surface area contributed by atoms with Crippen LogP contribution in [0.2, 0.25) is 0 Å². The van der Waals surface area contributed by atoms with Gasteiger partial charge in [-0.3, -0.25) is 5.32 Å². The molecule has 22 heavy (non-hydrogen) atoms. The zero-order valence-corrected chi connectivity index (χ0v) is 13.3. The van der Waals surface area contributed by atoms with Crippen molar-refractivity contribution in [2.45, 2.75) is 33.7 Å². The molecule has 1 aromatic heterocycles. The number of nitrogens with one attached hydrogen (secondary N) is 1. The van der Waals surface area contributed by atoms with E-state index in [4.69, 9.17) is 4.42 Å². The first-order chi connectivity index (χ1) is 10.4. The van der Waals surface area contributed by atoms with E-state index < -0.39 is 0 Å². The standard InChI is InChI=1S/C16H21N3O3/c1-5-19(11(3)13-7-6-8-14(20)9-13)16(21)18-15-17-10(2)12(4)22-15/h6-9,11,20H,5H2,1-4H3,(H,17,18,21)/t11-/m1/s1. The van der Waals surface area contributed by atoms with Gasteiger partial charge in [-0.1, -0.05) is 12.1 Å². The lowest BCUT2D eigenvalue weighted by molar-refractivity contribution is 0.196. The molecule has 1 heterocycles. The largest absolute Gasteiger partial charge is 0.508 e. The number of aromatic hydroxyl groups is 1. The summed E-state index contributed by atoms with van der Waals surface area (Å²) < 4.78 is 5.37. The van der Waals surface area contributed by atoms with Crippen LogP contribution >= 0.6 is 0 Å². The highest BCUT2D eigenvalue weighted by molar-refractivity contribution is 5.87. The predicted molar refractivity (Wildman–Crippen MR) is 83.9 cm³/mol. The van der Waals surface area contributed by atoms with Crippen LogP contribution in [0.3, 0.4) is 0 Å². The van der Waals surface area contributed by atoms with Gasteiger partial charge in [0.2, 0.25) is 0 Å². The highest BCUT2D eigenvalue weighted by Crippen LogP contribution is 2.24. The molecule has 1 atom stereocenters. The molecule has 0 saturated carbocycles. The minimum absolute atomic E-state index is 0.180.